The van der Waals surface area contributed by atoms with Crippen molar-refractivity contribution in [3.8, 4) is 12.3 Å². The SMILES string of the molecule is C#CCNC(=NCc1nnc(C)n1C)NCCc1cccs1.I. The molecule has 0 aliphatic rings. The molecule has 124 valence electrons. The second kappa shape index (κ2) is 10.2. The maximum atomic E-state index is 5.30. The molecule has 2 aromatic heterocycles. The van der Waals surface area contributed by atoms with Gasteiger partial charge in [0.25, 0.3) is 0 Å². The molecule has 0 aliphatic carbocycles. The van der Waals surface area contributed by atoms with Crippen molar-refractivity contribution >= 4 is 41.3 Å². The van der Waals surface area contributed by atoms with Gasteiger partial charge in [-0.15, -0.1) is 51.9 Å². The fourth-order valence-electron chi connectivity index (χ4n) is 1.81. The molecule has 0 aliphatic heterocycles. The van der Waals surface area contributed by atoms with E-state index in [0.717, 1.165) is 24.6 Å². The predicted octanol–water partition coefficient (Wildman–Crippen LogP) is 1.71. The summed E-state index contributed by atoms with van der Waals surface area (Å²) in [5.74, 6) is 4.93. The lowest BCUT2D eigenvalue weighted by atomic mass is 10.3. The Hall–Kier alpha value is -1.60. The Morgan fingerprint density at radius 1 is 1.43 bits per heavy atom. The molecule has 0 saturated carbocycles. The van der Waals surface area contributed by atoms with Gasteiger partial charge < -0.3 is 15.2 Å². The van der Waals surface area contributed by atoms with Crippen molar-refractivity contribution in [2.45, 2.75) is 19.9 Å². The van der Waals surface area contributed by atoms with E-state index in [1.807, 2.05) is 18.5 Å². The summed E-state index contributed by atoms with van der Waals surface area (Å²) in [4.78, 5) is 5.84. The van der Waals surface area contributed by atoms with Crippen LogP contribution in [0.25, 0.3) is 0 Å². The minimum atomic E-state index is 0. The molecule has 0 bridgehead atoms. The maximum absolute atomic E-state index is 5.30. The third-order valence-electron chi connectivity index (χ3n) is 3.16. The van der Waals surface area contributed by atoms with Gasteiger partial charge in [-0.25, -0.2) is 4.99 Å². The van der Waals surface area contributed by atoms with Crippen LogP contribution in [0.3, 0.4) is 0 Å². The van der Waals surface area contributed by atoms with Crippen LogP contribution in [-0.4, -0.2) is 33.8 Å². The Bertz CT molecular complexity index is 656. The van der Waals surface area contributed by atoms with Crippen LogP contribution in [0.5, 0.6) is 0 Å². The number of nitrogens with one attached hydrogen (secondary N) is 2. The number of thiophene rings is 1. The van der Waals surface area contributed by atoms with Crippen molar-refractivity contribution < 1.29 is 0 Å². The minimum Gasteiger partial charge on any atom is -0.356 e. The van der Waals surface area contributed by atoms with Gasteiger partial charge in [-0.2, -0.15) is 0 Å². The van der Waals surface area contributed by atoms with E-state index >= 15 is 0 Å². The highest BCUT2D eigenvalue weighted by Gasteiger charge is 2.05. The van der Waals surface area contributed by atoms with Crippen molar-refractivity contribution in [2.24, 2.45) is 12.0 Å². The third-order valence-corrected chi connectivity index (χ3v) is 4.10. The van der Waals surface area contributed by atoms with Crippen LogP contribution in [0.15, 0.2) is 22.5 Å². The van der Waals surface area contributed by atoms with Gasteiger partial charge in [0.1, 0.15) is 12.4 Å². The van der Waals surface area contributed by atoms with E-state index in [-0.39, 0.29) is 24.0 Å². The Morgan fingerprint density at radius 2 is 2.26 bits per heavy atom. The number of aliphatic imine (C=N–C) groups is 1. The lowest BCUT2D eigenvalue weighted by Gasteiger charge is -2.10. The lowest BCUT2D eigenvalue weighted by molar-refractivity contribution is 0.758. The number of nitrogens with zero attached hydrogens (tertiary/aromatic N) is 4. The number of guanidine groups is 1. The molecule has 0 radical (unpaired) electrons. The van der Waals surface area contributed by atoms with Gasteiger partial charge in [-0.05, 0) is 24.8 Å². The Morgan fingerprint density at radius 3 is 2.87 bits per heavy atom. The second-order valence-corrected chi connectivity index (χ2v) is 5.73. The Balaban J connectivity index is 0.00000264. The van der Waals surface area contributed by atoms with E-state index in [2.05, 4.69) is 49.3 Å². The first-order valence-corrected chi connectivity index (χ1v) is 7.91. The van der Waals surface area contributed by atoms with Crippen molar-refractivity contribution in [3.63, 3.8) is 0 Å². The average molecular weight is 444 g/mol. The molecular weight excluding hydrogens is 423 g/mol. The highest BCUT2D eigenvalue weighted by atomic mass is 127. The summed E-state index contributed by atoms with van der Waals surface area (Å²) in [7, 11) is 1.93. The minimum absolute atomic E-state index is 0. The van der Waals surface area contributed by atoms with Crippen LogP contribution in [0.4, 0.5) is 0 Å². The summed E-state index contributed by atoms with van der Waals surface area (Å²) in [5.41, 5.74) is 0. The molecule has 2 aromatic rings. The molecule has 2 rings (SSSR count). The van der Waals surface area contributed by atoms with E-state index in [1.165, 1.54) is 4.88 Å². The highest BCUT2D eigenvalue weighted by molar-refractivity contribution is 14.0. The van der Waals surface area contributed by atoms with E-state index in [0.29, 0.717) is 19.0 Å². The van der Waals surface area contributed by atoms with E-state index in [9.17, 15) is 0 Å². The molecule has 6 nitrogen and oxygen atoms in total. The number of hydrogen-bond donors (Lipinski definition) is 2. The molecule has 0 fully saturated rings. The fraction of sp³-hybridized carbons (Fsp3) is 0.400. The second-order valence-electron chi connectivity index (χ2n) is 4.70. The standard InChI is InChI=1S/C15H20N6S.HI/c1-4-8-16-15(17-9-7-13-6-5-10-22-13)18-11-14-20-19-12(2)21(14)3;/h1,5-6,10H,7-9,11H2,2-3H3,(H2,16,17,18);1H. The maximum Gasteiger partial charge on any atom is 0.192 e. The molecule has 2 N–H and O–H groups in total. The van der Waals surface area contributed by atoms with Crippen LogP contribution in [0.1, 0.15) is 16.5 Å². The zero-order valence-corrected chi connectivity index (χ0v) is 16.4. The number of terminal acetylenes is 1. The van der Waals surface area contributed by atoms with Gasteiger partial charge in [-0.3, -0.25) is 0 Å². The number of aromatic nitrogens is 3. The first-order chi connectivity index (χ1) is 10.7. The summed E-state index contributed by atoms with van der Waals surface area (Å²) in [6, 6.07) is 4.18. The molecule has 0 unspecified atom stereocenters. The largest absolute Gasteiger partial charge is 0.356 e. The summed E-state index contributed by atoms with van der Waals surface area (Å²) in [6.07, 6.45) is 6.25. The predicted molar refractivity (Wildman–Crippen MR) is 105 cm³/mol. The Kier molecular flexibility index (Phi) is 8.65. The third kappa shape index (κ3) is 6.19. The van der Waals surface area contributed by atoms with Crippen molar-refractivity contribution in [2.75, 3.05) is 13.1 Å². The van der Waals surface area contributed by atoms with Crippen LogP contribution in [-0.2, 0) is 20.0 Å². The number of rotatable bonds is 6. The lowest BCUT2D eigenvalue weighted by Crippen LogP contribution is -2.38. The van der Waals surface area contributed by atoms with Crippen LogP contribution >= 0.6 is 35.3 Å². The topological polar surface area (TPSA) is 67.1 Å². The summed E-state index contributed by atoms with van der Waals surface area (Å²) < 4.78 is 1.92. The van der Waals surface area contributed by atoms with E-state index < -0.39 is 0 Å². The van der Waals surface area contributed by atoms with Gasteiger partial charge in [0.15, 0.2) is 11.8 Å². The summed E-state index contributed by atoms with van der Waals surface area (Å²) in [5, 5.41) is 16.6. The molecule has 0 saturated heterocycles. The average Bonchev–Trinajstić information content (AvgIpc) is 3.14. The van der Waals surface area contributed by atoms with Gasteiger partial charge in [0.05, 0.1) is 6.54 Å². The monoisotopic (exact) mass is 444 g/mol. The van der Waals surface area contributed by atoms with Crippen LogP contribution in [0.2, 0.25) is 0 Å². The number of aryl methyl sites for hydroxylation is 1. The van der Waals surface area contributed by atoms with Crippen molar-refractivity contribution in [1.29, 1.82) is 0 Å². The van der Waals surface area contributed by atoms with Crippen LogP contribution < -0.4 is 10.6 Å². The van der Waals surface area contributed by atoms with Gasteiger partial charge in [-0.1, -0.05) is 12.0 Å². The van der Waals surface area contributed by atoms with E-state index in [1.54, 1.807) is 11.3 Å². The molecule has 23 heavy (non-hydrogen) atoms. The smallest absolute Gasteiger partial charge is 0.192 e. The van der Waals surface area contributed by atoms with Gasteiger partial charge in [0.2, 0.25) is 0 Å². The first kappa shape index (κ1) is 19.4. The Labute approximate surface area is 157 Å². The van der Waals surface area contributed by atoms with Gasteiger partial charge >= 0.3 is 0 Å². The molecule has 0 aromatic carbocycles. The van der Waals surface area contributed by atoms with Crippen molar-refractivity contribution in [1.82, 2.24) is 25.4 Å². The normalized spacial score (nSPS) is 10.7. The van der Waals surface area contributed by atoms with E-state index in [4.69, 9.17) is 6.42 Å². The van der Waals surface area contributed by atoms with Gasteiger partial charge in [0, 0.05) is 18.5 Å². The molecule has 0 amide bonds. The highest BCUT2D eigenvalue weighted by Crippen LogP contribution is 2.08. The molecule has 0 spiro atoms. The molecule has 2 heterocycles. The number of halogens is 1. The zero-order valence-electron chi connectivity index (χ0n) is 13.2. The zero-order chi connectivity index (χ0) is 15.8. The fourth-order valence-corrected chi connectivity index (χ4v) is 2.52. The number of hydrogen-bond acceptors (Lipinski definition) is 4. The van der Waals surface area contributed by atoms with Crippen molar-refractivity contribution in [3.05, 3.63) is 34.0 Å². The summed E-state index contributed by atoms with van der Waals surface area (Å²) in [6.45, 7) is 3.60. The quantitative estimate of drug-likeness (QED) is 0.308. The molecule has 0 atom stereocenters. The molecule has 8 heteroatoms. The van der Waals surface area contributed by atoms with Crippen LogP contribution in [0, 0.1) is 19.3 Å². The molecular formula is C15H21IN6S. The first-order valence-electron chi connectivity index (χ1n) is 7.03. The summed E-state index contributed by atoms with van der Waals surface area (Å²) >= 11 is 1.75.